The molecule has 1 atom stereocenters. The second-order valence-corrected chi connectivity index (χ2v) is 7.42. The summed E-state index contributed by atoms with van der Waals surface area (Å²) in [6.45, 7) is 3.25. The molecule has 1 heterocycles. The Labute approximate surface area is 143 Å². The van der Waals surface area contributed by atoms with E-state index in [1.807, 2.05) is 6.92 Å². The Morgan fingerprint density at radius 2 is 1.96 bits per heavy atom. The van der Waals surface area contributed by atoms with Crippen molar-refractivity contribution in [2.24, 2.45) is 5.73 Å². The second kappa shape index (κ2) is 8.63. The summed E-state index contributed by atoms with van der Waals surface area (Å²) in [6.07, 6.45) is 2.84. The minimum Gasteiger partial charge on any atom is -0.351 e. The highest BCUT2D eigenvalue weighted by atomic mass is 35.5. The molecule has 3 N–H and O–H groups in total. The lowest BCUT2D eigenvalue weighted by Gasteiger charge is -2.32. The highest BCUT2D eigenvalue weighted by Gasteiger charge is 2.30. The van der Waals surface area contributed by atoms with Crippen LogP contribution in [0.4, 0.5) is 0 Å². The number of nitrogens with zero attached hydrogens (tertiary/aromatic N) is 1. The molecular formula is C15H24ClN3O3S. The van der Waals surface area contributed by atoms with Gasteiger partial charge in [0.1, 0.15) is 0 Å². The molecule has 8 heteroatoms. The van der Waals surface area contributed by atoms with Crippen molar-refractivity contribution in [1.29, 1.82) is 0 Å². The summed E-state index contributed by atoms with van der Waals surface area (Å²) >= 11 is 0. The minimum absolute atomic E-state index is 0. The molecule has 1 aliphatic rings. The zero-order valence-corrected chi connectivity index (χ0v) is 14.8. The number of hydrogen-bond donors (Lipinski definition) is 2. The first-order valence-electron chi connectivity index (χ1n) is 7.57. The van der Waals surface area contributed by atoms with E-state index in [1.165, 1.54) is 24.3 Å². The molecule has 23 heavy (non-hydrogen) atoms. The molecule has 1 unspecified atom stereocenters. The van der Waals surface area contributed by atoms with Gasteiger partial charge in [0, 0.05) is 31.2 Å². The first-order chi connectivity index (χ1) is 10.5. The van der Waals surface area contributed by atoms with Crippen LogP contribution in [0.3, 0.4) is 0 Å². The molecule has 1 amide bonds. The van der Waals surface area contributed by atoms with Gasteiger partial charge in [-0.25, -0.2) is 8.42 Å². The van der Waals surface area contributed by atoms with Crippen LogP contribution in [0.5, 0.6) is 0 Å². The molecule has 0 saturated carbocycles. The smallest absolute Gasteiger partial charge is 0.251 e. The van der Waals surface area contributed by atoms with E-state index in [0.717, 1.165) is 19.3 Å². The molecule has 0 spiro atoms. The molecule has 1 saturated heterocycles. The fourth-order valence-electron chi connectivity index (χ4n) is 2.63. The van der Waals surface area contributed by atoms with E-state index in [1.54, 1.807) is 4.31 Å². The van der Waals surface area contributed by atoms with Gasteiger partial charge in [-0.2, -0.15) is 4.31 Å². The highest BCUT2D eigenvalue weighted by Crippen LogP contribution is 2.25. The number of carbonyl (C=O) groups is 1. The number of amides is 1. The van der Waals surface area contributed by atoms with Gasteiger partial charge >= 0.3 is 0 Å². The molecule has 2 rings (SSSR count). The summed E-state index contributed by atoms with van der Waals surface area (Å²) in [6, 6.07) is 6.08. The predicted molar refractivity (Wildman–Crippen MR) is 92.3 cm³/mol. The molecule has 1 aromatic carbocycles. The molecular weight excluding hydrogens is 338 g/mol. The predicted octanol–water partition coefficient (Wildman–Crippen LogP) is 1.36. The molecule has 0 aromatic heterocycles. The van der Waals surface area contributed by atoms with E-state index in [2.05, 4.69) is 5.32 Å². The third kappa shape index (κ3) is 4.67. The Morgan fingerprint density at radius 1 is 1.30 bits per heavy atom. The highest BCUT2D eigenvalue weighted by molar-refractivity contribution is 7.89. The van der Waals surface area contributed by atoms with Crippen molar-refractivity contribution in [2.75, 3.05) is 19.6 Å². The van der Waals surface area contributed by atoms with Crippen LogP contribution in [-0.2, 0) is 10.0 Å². The number of hydrogen-bond acceptors (Lipinski definition) is 4. The third-order valence-electron chi connectivity index (χ3n) is 3.90. The minimum atomic E-state index is -3.49. The van der Waals surface area contributed by atoms with E-state index in [0.29, 0.717) is 25.2 Å². The summed E-state index contributed by atoms with van der Waals surface area (Å²) < 4.78 is 26.9. The molecule has 0 radical (unpaired) electrons. The summed E-state index contributed by atoms with van der Waals surface area (Å²) in [7, 11) is -3.49. The van der Waals surface area contributed by atoms with Crippen LogP contribution in [0.25, 0.3) is 0 Å². The average molecular weight is 362 g/mol. The van der Waals surface area contributed by atoms with Crippen LogP contribution >= 0.6 is 12.4 Å². The lowest BCUT2D eigenvalue weighted by atomic mass is 10.1. The molecule has 1 aliphatic heterocycles. The van der Waals surface area contributed by atoms with Crippen LogP contribution in [0, 0.1) is 0 Å². The van der Waals surface area contributed by atoms with E-state index < -0.39 is 10.0 Å². The fourth-order valence-corrected chi connectivity index (χ4v) is 4.33. The molecule has 0 aliphatic carbocycles. The van der Waals surface area contributed by atoms with Gasteiger partial charge in [-0.1, -0.05) is 6.42 Å². The first kappa shape index (κ1) is 19.9. The number of nitrogens with one attached hydrogen (secondary N) is 1. The summed E-state index contributed by atoms with van der Waals surface area (Å²) in [5, 5.41) is 2.65. The van der Waals surface area contributed by atoms with Gasteiger partial charge in [0.05, 0.1) is 4.90 Å². The summed E-state index contributed by atoms with van der Waals surface area (Å²) in [5.74, 6) is -0.249. The lowest BCUT2D eigenvalue weighted by Crippen LogP contribution is -2.41. The van der Waals surface area contributed by atoms with Gasteiger partial charge in [-0.05, 0) is 44.0 Å². The van der Waals surface area contributed by atoms with Crippen molar-refractivity contribution < 1.29 is 13.2 Å². The zero-order chi connectivity index (χ0) is 16.2. The standard InChI is InChI=1S/C15H23N3O3S.ClH/c1-12-4-2-3-11-18(12)22(20,21)14-7-5-13(6-8-14)15(19)17-10-9-16;/h5-8,12H,2-4,9-11,16H2,1H3,(H,17,19);1H. The van der Waals surface area contributed by atoms with Crippen molar-refractivity contribution in [1.82, 2.24) is 9.62 Å². The van der Waals surface area contributed by atoms with E-state index >= 15 is 0 Å². The number of piperidine rings is 1. The fraction of sp³-hybridized carbons (Fsp3) is 0.533. The third-order valence-corrected chi connectivity index (χ3v) is 5.92. The summed E-state index contributed by atoms with van der Waals surface area (Å²) in [4.78, 5) is 12.0. The van der Waals surface area contributed by atoms with Crippen molar-refractivity contribution in [3.8, 4) is 0 Å². The van der Waals surface area contributed by atoms with Gasteiger partial charge in [0.2, 0.25) is 10.0 Å². The largest absolute Gasteiger partial charge is 0.351 e. The zero-order valence-electron chi connectivity index (χ0n) is 13.2. The van der Waals surface area contributed by atoms with Crippen molar-refractivity contribution in [3.63, 3.8) is 0 Å². The summed E-state index contributed by atoms with van der Waals surface area (Å²) in [5.41, 5.74) is 5.76. The van der Waals surface area contributed by atoms with E-state index in [9.17, 15) is 13.2 Å². The molecule has 130 valence electrons. The number of rotatable bonds is 5. The van der Waals surface area contributed by atoms with E-state index in [4.69, 9.17) is 5.73 Å². The lowest BCUT2D eigenvalue weighted by molar-refractivity contribution is 0.0954. The topological polar surface area (TPSA) is 92.5 Å². The molecule has 6 nitrogen and oxygen atoms in total. The number of nitrogens with two attached hydrogens (primary N) is 1. The molecule has 1 fully saturated rings. The van der Waals surface area contributed by atoms with Gasteiger partial charge in [0.25, 0.3) is 5.91 Å². The maximum absolute atomic E-state index is 12.7. The maximum Gasteiger partial charge on any atom is 0.251 e. The van der Waals surface area contributed by atoms with Crippen LogP contribution in [0.1, 0.15) is 36.5 Å². The normalized spacial score (nSPS) is 19.0. The number of carbonyl (C=O) groups excluding carboxylic acids is 1. The van der Waals surface area contributed by atoms with Crippen molar-refractivity contribution in [2.45, 2.75) is 37.1 Å². The Bertz CT molecular complexity index is 619. The van der Waals surface area contributed by atoms with Gasteiger partial charge in [0.15, 0.2) is 0 Å². The van der Waals surface area contributed by atoms with Gasteiger partial charge in [-0.15, -0.1) is 12.4 Å². The van der Waals surface area contributed by atoms with Crippen LogP contribution in [-0.4, -0.2) is 44.3 Å². The van der Waals surface area contributed by atoms with Gasteiger partial charge in [-0.3, -0.25) is 4.79 Å². The van der Waals surface area contributed by atoms with Gasteiger partial charge < -0.3 is 11.1 Å². The average Bonchev–Trinajstić information content (AvgIpc) is 2.53. The van der Waals surface area contributed by atoms with E-state index in [-0.39, 0.29) is 29.3 Å². The van der Waals surface area contributed by atoms with Crippen LogP contribution < -0.4 is 11.1 Å². The monoisotopic (exact) mass is 361 g/mol. The molecule has 1 aromatic rings. The SMILES string of the molecule is CC1CCCCN1S(=O)(=O)c1ccc(C(=O)NCCN)cc1.Cl. The molecule has 0 bridgehead atoms. The Morgan fingerprint density at radius 3 is 2.52 bits per heavy atom. The van der Waals surface area contributed by atoms with Crippen molar-refractivity contribution >= 4 is 28.3 Å². The Hall–Kier alpha value is -1.15. The number of sulfonamides is 1. The Kier molecular flexibility index (Phi) is 7.47. The quantitative estimate of drug-likeness (QED) is 0.828. The number of halogens is 1. The maximum atomic E-state index is 12.7. The Balaban J connectivity index is 0.00000264. The van der Waals surface area contributed by atoms with Crippen molar-refractivity contribution in [3.05, 3.63) is 29.8 Å². The second-order valence-electron chi connectivity index (χ2n) is 5.53. The first-order valence-corrected chi connectivity index (χ1v) is 9.01. The van der Waals surface area contributed by atoms with Crippen LogP contribution in [0.2, 0.25) is 0 Å². The number of benzene rings is 1. The van der Waals surface area contributed by atoms with Crippen LogP contribution in [0.15, 0.2) is 29.2 Å².